The summed E-state index contributed by atoms with van der Waals surface area (Å²) in [6, 6.07) is 7.16. The Morgan fingerprint density at radius 3 is 2.74 bits per heavy atom. The van der Waals surface area contributed by atoms with E-state index < -0.39 is 5.41 Å². The van der Waals surface area contributed by atoms with Gasteiger partial charge >= 0.3 is 0 Å². The van der Waals surface area contributed by atoms with Crippen LogP contribution in [0.5, 0.6) is 5.75 Å². The minimum Gasteiger partial charge on any atom is -0.495 e. The summed E-state index contributed by atoms with van der Waals surface area (Å²) in [4.78, 5) is 27.1. The molecule has 0 fully saturated rings. The first kappa shape index (κ1) is 18.9. The summed E-state index contributed by atoms with van der Waals surface area (Å²) in [5, 5.41) is 15.5. The van der Waals surface area contributed by atoms with Crippen molar-refractivity contribution in [1.29, 1.82) is 0 Å². The van der Waals surface area contributed by atoms with Crippen molar-refractivity contribution in [2.75, 3.05) is 18.2 Å². The normalized spacial score (nSPS) is 11.6. The number of nitrogens with zero attached hydrogens (tertiary/aromatic N) is 4. The van der Waals surface area contributed by atoms with Crippen molar-refractivity contribution in [2.24, 2.45) is 0 Å². The maximum Gasteiger partial charge on any atom is 0.274 e. The van der Waals surface area contributed by atoms with Crippen LogP contribution >= 0.6 is 11.8 Å². The molecule has 1 aromatic carbocycles. The third-order valence-electron chi connectivity index (χ3n) is 3.68. The Hall–Kier alpha value is -2.88. The first-order valence-corrected chi connectivity index (χ1v) is 9.20. The predicted octanol–water partition coefficient (Wildman–Crippen LogP) is 1.85. The maximum atomic E-state index is 12.3. The fraction of sp³-hybridized carbons (Fsp3) is 0.353. The van der Waals surface area contributed by atoms with Crippen LogP contribution in [0.2, 0.25) is 0 Å². The number of aromatic amines is 1. The van der Waals surface area contributed by atoms with Gasteiger partial charge < -0.3 is 10.1 Å². The highest BCUT2D eigenvalue weighted by atomic mass is 32.2. The van der Waals surface area contributed by atoms with Gasteiger partial charge in [0.05, 0.1) is 18.6 Å². The van der Waals surface area contributed by atoms with Gasteiger partial charge in [0.15, 0.2) is 0 Å². The van der Waals surface area contributed by atoms with Gasteiger partial charge in [-0.1, -0.05) is 44.7 Å². The van der Waals surface area contributed by atoms with Gasteiger partial charge in [0.2, 0.25) is 11.1 Å². The number of amides is 1. The monoisotopic (exact) mass is 388 g/mol. The molecule has 0 aliphatic rings. The van der Waals surface area contributed by atoms with E-state index in [1.54, 1.807) is 19.2 Å². The summed E-state index contributed by atoms with van der Waals surface area (Å²) < 4.78 is 6.67. The van der Waals surface area contributed by atoms with E-state index in [1.165, 1.54) is 16.3 Å². The lowest BCUT2D eigenvalue weighted by Gasteiger charge is -2.15. The van der Waals surface area contributed by atoms with E-state index in [1.807, 2.05) is 32.9 Å². The number of benzene rings is 1. The van der Waals surface area contributed by atoms with Crippen molar-refractivity contribution in [1.82, 2.24) is 24.8 Å². The number of carbonyl (C=O) groups excluding carboxylic acids is 1. The quantitative estimate of drug-likeness (QED) is 0.641. The number of rotatable bonds is 5. The Kier molecular flexibility index (Phi) is 5.17. The molecule has 0 aliphatic heterocycles. The lowest BCUT2D eigenvalue weighted by atomic mass is 9.93. The number of hydrogen-bond acceptors (Lipinski definition) is 7. The molecule has 10 heteroatoms. The van der Waals surface area contributed by atoms with Crippen LogP contribution in [0.15, 0.2) is 34.2 Å². The number of thioether (sulfide) groups is 1. The Balaban J connectivity index is 1.77. The molecular formula is C17H20N6O3S. The molecule has 142 valence electrons. The zero-order valence-electron chi connectivity index (χ0n) is 15.4. The lowest BCUT2D eigenvalue weighted by Crippen LogP contribution is -2.28. The third-order valence-corrected chi connectivity index (χ3v) is 4.60. The molecule has 3 aromatic rings. The molecule has 2 N–H and O–H groups in total. The largest absolute Gasteiger partial charge is 0.495 e. The Morgan fingerprint density at radius 1 is 1.30 bits per heavy atom. The zero-order chi connectivity index (χ0) is 19.6. The number of fused-ring (bicyclic) bond motifs is 1. The number of anilines is 1. The van der Waals surface area contributed by atoms with Crippen molar-refractivity contribution in [2.45, 2.75) is 31.3 Å². The van der Waals surface area contributed by atoms with E-state index in [4.69, 9.17) is 4.74 Å². The molecule has 0 unspecified atom stereocenters. The smallest absolute Gasteiger partial charge is 0.274 e. The SMILES string of the molecule is COc1ccccc1NC(=O)CSc1nnc2[nH]c(=O)c(C(C)(C)C)nn12. The Bertz CT molecular complexity index is 1040. The number of methoxy groups -OCH3 is 1. The van der Waals surface area contributed by atoms with Crippen LogP contribution < -0.4 is 15.6 Å². The average Bonchev–Trinajstić information content (AvgIpc) is 3.00. The minimum atomic E-state index is -0.435. The molecule has 0 radical (unpaired) electrons. The first-order valence-electron chi connectivity index (χ1n) is 8.21. The van der Waals surface area contributed by atoms with Crippen molar-refractivity contribution in [3.63, 3.8) is 0 Å². The van der Waals surface area contributed by atoms with Crippen LogP contribution in [0.4, 0.5) is 5.69 Å². The Labute approximate surface area is 159 Å². The van der Waals surface area contributed by atoms with E-state index in [-0.39, 0.29) is 23.0 Å². The van der Waals surface area contributed by atoms with Gasteiger partial charge in [0.25, 0.3) is 11.3 Å². The number of H-pyrrole nitrogens is 1. The number of ether oxygens (including phenoxy) is 1. The van der Waals surface area contributed by atoms with Crippen LogP contribution in [0, 0.1) is 0 Å². The number of hydrogen-bond donors (Lipinski definition) is 2. The van der Waals surface area contributed by atoms with Crippen LogP contribution in [-0.4, -0.2) is 43.6 Å². The van der Waals surface area contributed by atoms with Crippen molar-refractivity contribution in [3.8, 4) is 5.75 Å². The fourth-order valence-electron chi connectivity index (χ4n) is 2.38. The minimum absolute atomic E-state index is 0.102. The van der Waals surface area contributed by atoms with Gasteiger partial charge in [-0.05, 0) is 12.1 Å². The van der Waals surface area contributed by atoms with Gasteiger partial charge in [0, 0.05) is 5.41 Å². The number of para-hydroxylation sites is 2. The standard InChI is InChI=1S/C17H20N6O3S/c1-17(2,3)13-14(25)19-15-20-21-16(23(15)22-13)27-9-12(24)18-10-7-5-6-8-11(10)26-4/h5-8H,9H2,1-4H3,(H,18,24)(H,19,20,25). The van der Waals surface area contributed by atoms with E-state index in [0.717, 1.165) is 0 Å². The molecule has 3 rings (SSSR count). The number of aromatic nitrogens is 5. The van der Waals surface area contributed by atoms with Gasteiger partial charge in [-0.2, -0.15) is 9.61 Å². The molecule has 0 saturated carbocycles. The second kappa shape index (κ2) is 7.39. The molecule has 0 atom stereocenters. The summed E-state index contributed by atoms with van der Waals surface area (Å²) in [6.07, 6.45) is 0. The van der Waals surface area contributed by atoms with Crippen molar-refractivity contribution >= 4 is 29.1 Å². The summed E-state index contributed by atoms with van der Waals surface area (Å²) in [5.74, 6) is 0.699. The molecular weight excluding hydrogens is 368 g/mol. The molecule has 1 amide bonds. The summed E-state index contributed by atoms with van der Waals surface area (Å²) in [7, 11) is 1.54. The maximum absolute atomic E-state index is 12.3. The highest BCUT2D eigenvalue weighted by molar-refractivity contribution is 7.99. The molecule has 2 aromatic heterocycles. The molecule has 0 bridgehead atoms. The van der Waals surface area contributed by atoms with Gasteiger partial charge in [0.1, 0.15) is 11.4 Å². The lowest BCUT2D eigenvalue weighted by molar-refractivity contribution is -0.113. The molecule has 9 nitrogen and oxygen atoms in total. The van der Waals surface area contributed by atoms with Crippen LogP contribution in [0.3, 0.4) is 0 Å². The van der Waals surface area contributed by atoms with E-state index in [0.29, 0.717) is 22.3 Å². The number of carbonyl (C=O) groups is 1. The highest BCUT2D eigenvalue weighted by Crippen LogP contribution is 2.24. The average molecular weight is 388 g/mol. The first-order chi connectivity index (χ1) is 12.8. The number of nitrogens with one attached hydrogen (secondary N) is 2. The van der Waals surface area contributed by atoms with E-state index in [2.05, 4.69) is 25.6 Å². The topological polar surface area (TPSA) is 114 Å². The van der Waals surface area contributed by atoms with E-state index in [9.17, 15) is 9.59 Å². The van der Waals surface area contributed by atoms with Crippen molar-refractivity contribution in [3.05, 3.63) is 40.3 Å². The molecule has 0 saturated heterocycles. The van der Waals surface area contributed by atoms with Crippen LogP contribution in [0.1, 0.15) is 26.5 Å². The van der Waals surface area contributed by atoms with E-state index >= 15 is 0 Å². The summed E-state index contributed by atoms with van der Waals surface area (Å²) in [5.41, 5.74) is 0.229. The van der Waals surface area contributed by atoms with Gasteiger partial charge in [-0.25, -0.2) is 0 Å². The highest BCUT2D eigenvalue weighted by Gasteiger charge is 2.22. The van der Waals surface area contributed by atoms with Gasteiger partial charge in [-0.3, -0.25) is 14.6 Å². The van der Waals surface area contributed by atoms with Crippen LogP contribution in [-0.2, 0) is 10.2 Å². The second-order valence-corrected chi connectivity index (χ2v) is 7.75. The second-order valence-electron chi connectivity index (χ2n) is 6.81. The molecule has 27 heavy (non-hydrogen) atoms. The van der Waals surface area contributed by atoms with Gasteiger partial charge in [-0.15, -0.1) is 10.2 Å². The Morgan fingerprint density at radius 2 is 2.04 bits per heavy atom. The summed E-state index contributed by atoms with van der Waals surface area (Å²) >= 11 is 1.17. The zero-order valence-corrected chi connectivity index (χ0v) is 16.3. The molecule has 0 aliphatic carbocycles. The third kappa shape index (κ3) is 4.11. The van der Waals surface area contributed by atoms with Crippen molar-refractivity contribution < 1.29 is 9.53 Å². The van der Waals surface area contributed by atoms with Crippen LogP contribution in [0.25, 0.3) is 5.78 Å². The fourth-order valence-corrected chi connectivity index (χ4v) is 3.07. The molecule has 2 heterocycles. The molecule has 0 spiro atoms. The predicted molar refractivity (Wildman–Crippen MR) is 102 cm³/mol. The summed E-state index contributed by atoms with van der Waals surface area (Å²) in [6.45, 7) is 5.69.